The summed E-state index contributed by atoms with van der Waals surface area (Å²) in [6, 6.07) is 6.64. The van der Waals surface area contributed by atoms with E-state index in [4.69, 9.17) is 19.2 Å². The third-order valence-corrected chi connectivity index (χ3v) is 6.79. The van der Waals surface area contributed by atoms with Crippen LogP contribution < -0.4 is 14.8 Å². The first kappa shape index (κ1) is 23.1. The number of piperazine rings is 1. The van der Waals surface area contributed by atoms with E-state index in [1.807, 2.05) is 12.1 Å². The standard InChI is InChI=1S/C24H39N5O3/c1-4-25-24(26-15-22-17-29-9-5-6-20(29)18-32-22)28-12-10-27(11-13-28)16-19-14-21(30-2)7-8-23(19)31-3/h7-8,14,20,22H,4-6,9-13,15-18H2,1-3H3,(H,25,26). The lowest BCUT2D eigenvalue weighted by atomic mass is 10.1. The highest BCUT2D eigenvalue weighted by atomic mass is 16.5. The van der Waals surface area contributed by atoms with E-state index in [0.717, 1.165) is 82.0 Å². The van der Waals surface area contributed by atoms with Crippen molar-refractivity contribution < 1.29 is 14.2 Å². The fourth-order valence-corrected chi connectivity index (χ4v) is 4.97. The molecule has 1 N–H and O–H groups in total. The Morgan fingerprint density at radius 2 is 2.00 bits per heavy atom. The van der Waals surface area contributed by atoms with Gasteiger partial charge in [0.2, 0.25) is 0 Å². The monoisotopic (exact) mass is 445 g/mol. The molecule has 0 radical (unpaired) electrons. The lowest BCUT2D eigenvalue weighted by molar-refractivity contribution is -0.0433. The van der Waals surface area contributed by atoms with Crippen LogP contribution in [-0.4, -0.2) is 106 Å². The third kappa shape index (κ3) is 5.66. The topological polar surface area (TPSA) is 61.8 Å². The number of guanidine groups is 1. The summed E-state index contributed by atoms with van der Waals surface area (Å²) in [7, 11) is 3.43. The van der Waals surface area contributed by atoms with Gasteiger partial charge in [0.15, 0.2) is 5.96 Å². The van der Waals surface area contributed by atoms with Crippen molar-refractivity contribution in [3.8, 4) is 11.5 Å². The van der Waals surface area contributed by atoms with Crippen LogP contribution in [0, 0.1) is 0 Å². The van der Waals surface area contributed by atoms with Gasteiger partial charge in [-0.3, -0.25) is 14.8 Å². The van der Waals surface area contributed by atoms with Crippen molar-refractivity contribution in [2.45, 2.75) is 38.5 Å². The molecule has 2 unspecified atom stereocenters. The normalized spacial score (nSPS) is 25.0. The maximum atomic E-state index is 6.11. The molecule has 3 heterocycles. The van der Waals surface area contributed by atoms with Gasteiger partial charge in [-0.1, -0.05) is 0 Å². The highest BCUT2D eigenvalue weighted by Gasteiger charge is 2.32. The van der Waals surface area contributed by atoms with Gasteiger partial charge in [-0.15, -0.1) is 0 Å². The molecular formula is C24H39N5O3. The molecule has 4 rings (SSSR count). The number of fused-ring (bicyclic) bond motifs is 1. The van der Waals surface area contributed by atoms with Gasteiger partial charge in [0.05, 0.1) is 33.5 Å². The Morgan fingerprint density at radius 3 is 2.75 bits per heavy atom. The Bertz CT molecular complexity index is 766. The summed E-state index contributed by atoms with van der Waals surface area (Å²) in [5, 5.41) is 3.49. The summed E-state index contributed by atoms with van der Waals surface area (Å²) in [4.78, 5) is 12.4. The van der Waals surface area contributed by atoms with Crippen LogP contribution in [0.15, 0.2) is 23.2 Å². The predicted molar refractivity (Wildman–Crippen MR) is 127 cm³/mol. The molecule has 8 nitrogen and oxygen atoms in total. The van der Waals surface area contributed by atoms with Crippen LogP contribution in [0.25, 0.3) is 0 Å². The predicted octanol–water partition coefficient (Wildman–Crippen LogP) is 1.65. The van der Waals surface area contributed by atoms with Crippen molar-refractivity contribution in [2.24, 2.45) is 4.99 Å². The number of morpholine rings is 1. The van der Waals surface area contributed by atoms with Crippen LogP contribution in [0.2, 0.25) is 0 Å². The second-order valence-electron chi connectivity index (χ2n) is 8.88. The van der Waals surface area contributed by atoms with Gasteiger partial charge < -0.3 is 24.4 Å². The Balaban J connectivity index is 1.31. The van der Waals surface area contributed by atoms with Gasteiger partial charge in [-0.05, 0) is 44.5 Å². The van der Waals surface area contributed by atoms with Crippen molar-refractivity contribution >= 4 is 5.96 Å². The third-order valence-electron chi connectivity index (χ3n) is 6.79. The first-order valence-electron chi connectivity index (χ1n) is 12.0. The number of hydrogen-bond acceptors (Lipinski definition) is 6. The number of methoxy groups -OCH3 is 2. The smallest absolute Gasteiger partial charge is 0.194 e. The summed E-state index contributed by atoms with van der Waals surface area (Å²) in [6.07, 6.45) is 2.79. The summed E-state index contributed by atoms with van der Waals surface area (Å²) >= 11 is 0. The van der Waals surface area contributed by atoms with E-state index in [0.29, 0.717) is 6.04 Å². The van der Waals surface area contributed by atoms with Gasteiger partial charge in [0.1, 0.15) is 11.5 Å². The Kier molecular flexibility index (Phi) is 8.10. The van der Waals surface area contributed by atoms with E-state index in [9.17, 15) is 0 Å². The fraction of sp³-hybridized carbons (Fsp3) is 0.708. The Hall–Kier alpha value is -2.03. The van der Waals surface area contributed by atoms with Gasteiger partial charge in [-0.25, -0.2) is 0 Å². The molecule has 0 saturated carbocycles. The molecule has 0 aromatic heterocycles. The molecule has 0 bridgehead atoms. The van der Waals surface area contributed by atoms with Crippen molar-refractivity contribution in [1.29, 1.82) is 0 Å². The second-order valence-corrected chi connectivity index (χ2v) is 8.88. The van der Waals surface area contributed by atoms with Crippen molar-refractivity contribution in [3.05, 3.63) is 23.8 Å². The molecule has 1 aromatic rings. The van der Waals surface area contributed by atoms with Crippen LogP contribution >= 0.6 is 0 Å². The molecular weight excluding hydrogens is 406 g/mol. The van der Waals surface area contributed by atoms with E-state index in [1.54, 1.807) is 14.2 Å². The number of nitrogens with zero attached hydrogens (tertiary/aromatic N) is 4. The lowest BCUT2D eigenvalue weighted by Crippen LogP contribution is -2.52. The molecule has 3 fully saturated rings. The zero-order valence-corrected chi connectivity index (χ0v) is 19.9. The minimum atomic E-state index is 0.208. The van der Waals surface area contributed by atoms with Gasteiger partial charge in [0.25, 0.3) is 0 Å². The van der Waals surface area contributed by atoms with E-state index in [1.165, 1.54) is 19.4 Å². The number of rotatable bonds is 7. The first-order chi connectivity index (χ1) is 15.7. The molecule has 3 saturated heterocycles. The summed E-state index contributed by atoms with van der Waals surface area (Å²) in [5.74, 6) is 2.79. The summed E-state index contributed by atoms with van der Waals surface area (Å²) in [5.41, 5.74) is 1.16. The highest BCUT2D eigenvalue weighted by Crippen LogP contribution is 2.26. The van der Waals surface area contributed by atoms with Crippen molar-refractivity contribution in [2.75, 3.05) is 73.2 Å². The van der Waals surface area contributed by atoms with Crippen LogP contribution in [-0.2, 0) is 11.3 Å². The number of aliphatic imine (C=N–C) groups is 1. The van der Waals surface area contributed by atoms with Crippen LogP contribution in [0.1, 0.15) is 25.3 Å². The highest BCUT2D eigenvalue weighted by molar-refractivity contribution is 5.80. The first-order valence-corrected chi connectivity index (χ1v) is 12.0. The molecule has 3 aliphatic rings. The number of ether oxygens (including phenoxy) is 3. The summed E-state index contributed by atoms with van der Waals surface area (Å²) in [6.45, 7) is 11.6. The largest absolute Gasteiger partial charge is 0.497 e. The quantitative estimate of drug-likeness (QED) is 0.506. The molecule has 0 aliphatic carbocycles. The average Bonchev–Trinajstić information content (AvgIpc) is 3.30. The van der Waals surface area contributed by atoms with Gasteiger partial charge >= 0.3 is 0 Å². The van der Waals surface area contributed by atoms with Gasteiger partial charge in [0, 0.05) is 57.4 Å². The lowest BCUT2D eigenvalue weighted by Gasteiger charge is -2.37. The van der Waals surface area contributed by atoms with Gasteiger partial charge in [-0.2, -0.15) is 0 Å². The maximum Gasteiger partial charge on any atom is 0.194 e. The number of benzene rings is 1. The molecule has 8 heteroatoms. The molecule has 178 valence electrons. The SMILES string of the molecule is CCNC(=NCC1CN2CCCC2CO1)N1CCN(Cc2cc(OC)ccc2OC)CC1. The maximum absolute atomic E-state index is 6.11. The average molecular weight is 446 g/mol. The molecule has 3 aliphatic heterocycles. The fourth-order valence-electron chi connectivity index (χ4n) is 4.97. The van der Waals surface area contributed by atoms with E-state index < -0.39 is 0 Å². The molecule has 0 spiro atoms. The molecule has 0 amide bonds. The minimum absolute atomic E-state index is 0.208. The Morgan fingerprint density at radius 1 is 1.16 bits per heavy atom. The van der Waals surface area contributed by atoms with E-state index in [-0.39, 0.29) is 6.10 Å². The van der Waals surface area contributed by atoms with E-state index >= 15 is 0 Å². The molecule has 1 aromatic carbocycles. The zero-order chi connectivity index (χ0) is 22.3. The minimum Gasteiger partial charge on any atom is -0.497 e. The Labute approximate surface area is 192 Å². The van der Waals surface area contributed by atoms with E-state index in [2.05, 4.69) is 33.0 Å². The van der Waals surface area contributed by atoms with Crippen molar-refractivity contribution in [1.82, 2.24) is 20.0 Å². The zero-order valence-electron chi connectivity index (χ0n) is 19.9. The molecule has 2 atom stereocenters. The van der Waals surface area contributed by atoms with Crippen molar-refractivity contribution in [3.63, 3.8) is 0 Å². The van der Waals surface area contributed by atoms with Crippen LogP contribution in [0.3, 0.4) is 0 Å². The van der Waals surface area contributed by atoms with Crippen LogP contribution in [0.5, 0.6) is 11.5 Å². The summed E-state index contributed by atoms with van der Waals surface area (Å²) < 4.78 is 17.1. The number of hydrogen-bond donors (Lipinski definition) is 1. The number of nitrogens with one attached hydrogen (secondary N) is 1. The van der Waals surface area contributed by atoms with Crippen LogP contribution in [0.4, 0.5) is 0 Å². The molecule has 32 heavy (non-hydrogen) atoms. The second kappa shape index (κ2) is 11.2.